The molecule has 9 atom stereocenters. The van der Waals surface area contributed by atoms with E-state index in [2.05, 4.69) is 0 Å². The molecule has 2 aliphatic carbocycles. The second-order valence-corrected chi connectivity index (χ2v) is 10.4. The molecule has 0 amide bonds. The molecule has 3 saturated heterocycles. The van der Waals surface area contributed by atoms with Crippen molar-refractivity contribution < 1.29 is 47.6 Å². The van der Waals surface area contributed by atoms with E-state index < -0.39 is 70.6 Å². The molecular formula is C24H28O10. The summed E-state index contributed by atoms with van der Waals surface area (Å²) in [6.45, 7) is 6.04. The summed E-state index contributed by atoms with van der Waals surface area (Å²) in [7, 11) is 0. The van der Waals surface area contributed by atoms with Crippen LogP contribution in [-0.2, 0) is 38.1 Å². The van der Waals surface area contributed by atoms with E-state index in [1.165, 1.54) is 19.5 Å². The number of hydrogen-bond acceptors (Lipinski definition) is 10. The van der Waals surface area contributed by atoms with Gasteiger partial charge in [0.15, 0.2) is 12.2 Å². The van der Waals surface area contributed by atoms with E-state index in [0.29, 0.717) is 18.4 Å². The molecule has 0 radical (unpaired) electrons. The van der Waals surface area contributed by atoms with E-state index in [1.54, 1.807) is 13.0 Å². The maximum atomic E-state index is 13.2. The molecule has 0 unspecified atom stereocenters. The molecule has 6 rings (SSSR count). The predicted molar refractivity (Wildman–Crippen MR) is 111 cm³/mol. The Balaban J connectivity index is 1.64. The molecule has 2 bridgehead atoms. The normalized spacial score (nSPS) is 44.9. The molecule has 5 aliphatic rings. The number of furan rings is 1. The van der Waals surface area contributed by atoms with Crippen LogP contribution < -0.4 is 0 Å². The van der Waals surface area contributed by atoms with Crippen molar-refractivity contribution in [2.75, 3.05) is 0 Å². The number of esters is 4. The van der Waals surface area contributed by atoms with Crippen LogP contribution >= 0.6 is 0 Å². The van der Waals surface area contributed by atoms with Crippen molar-refractivity contribution >= 4 is 23.9 Å². The number of hydrogen-bond donors (Lipinski definition) is 1. The number of rotatable bonds is 3. The molecule has 1 aromatic rings. The van der Waals surface area contributed by atoms with Crippen LogP contribution in [0.3, 0.4) is 0 Å². The Morgan fingerprint density at radius 2 is 1.82 bits per heavy atom. The molecule has 3 aliphatic heterocycles. The third-order valence-electron chi connectivity index (χ3n) is 8.61. The highest BCUT2D eigenvalue weighted by Crippen LogP contribution is 2.69. The van der Waals surface area contributed by atoms with Crippen molar-refractivity contribution in [1.29, 1.82) is 0 Å². The fourth-order valence-electron chi connectivity index (χ4n) is 7.28. The van der Waals surface area contributed by atoms with Gasteiger partial charge in [-0.2, -0.15) is 0 Å². The Morgan fingerprint density at radius 3 is 2.44 bits per heavy atom. The minimum atomic E-state index is -2.27. The van der Waals surface area contributed by atoms with Crippen LogP contribution in [0.1, 0.15) is 58.6 Å². The van der Waals surface area contributed by atoms with Crippen LogP contribution in [0.15, 0.2) is 23.0 Å². The lowest BCUT2D eigenvalue weighted by atomic mass is 9.40. The molecule has 1 aromatic heterocycles. The largest absolute Gasteiger partial charge is 0.472 e. The van der Waals surface area contributed by atoms with Crippen molar-refractivity contribution in [3.8, 4) is 0 Å². The summed E-state index contributed by atoms with van der Waals surface area (Å²) in [4.78, 5) is 50.2. The van der Waals surface area contributed by atoms with Crippen LogP contribution in [-0.4, -0.2) is 52.9 Å². The van der Waals surface area contributed by atoms with Gasteiger partial charge in [-0.1, -0.05) is 13.8 Å². The molecule has 0 aromatic carbocycles. The first-order chi connectivity index (χ1) is 15.9. The summed E-state index contributed by atoms with van der Waals surface area (Å²) in [5.41, 5.74) is -3.47. The first kappa shape index (κ1) is 22.9. The SMILES string of the molecule is CC(=O)O[C@@H]1[C@H]2OC(=O)[C@@](O)([C@@H]1OC(C)=O)[C@]1(C)CC[C@H]3C(=O)O[C@@H](c4ccoc4)C[C@@]3(C)[C@H]21. The zero-order chi connectivity index (χ0) is 24.6. The average Bonchev–Trinajstić information content (AvgIpc) is 3.26. The Kier molecular flexibility index (Phi) is 4.92. The number of cyclic esters (lactones) is 1. The zero-order valence-corrected chi connectivity index (χ0v) is 19.4. The summed E-state index contributed by atoms with van der Waals surface area (Å²) in [5.74, 6) is -3.79. The fraction of sp³-hybridized carbons (Fsp3) is 0.667. The Morgan fingerprint density at radius 1 is 1.12 bits per heavy atom. The summed E-state index contributed by atoms with van der Waals surface area (Å²) in [6, 6.07) is 1.72. The van der Waals surface area contributed by atoms with Gasteiger partial charge in [0.25, 0.3) is 0 Å². The smallest absolute Gasteiger partial charge is 0.343 e. The van der Waals surface area contributed by atoms with Gasteiger partial charge < -0.3 is 28.5 Å². The first-order valence-corrected chi connectivity index (χ1v) is 11.4. The van der Waals surface area contributed by atoms with E-state index in [-0.39, 0.29) is 12.4 Å². The molecule has 1 N–H and O–H groups in total. The molecule has 0 spiro atoms. The minimum Gasteiger partial charge on any atom is -0.472 e. The maximum Gasteiger partial charge on any atom is 0.343 e. The van der Waals surface area contributed by atoms with Crippen LogP contribution in [0.4, 0.5) is 0 Å². The van der Waals surface area contributed by atoms with Gasteiger partial charge in [-0.15, -0.1) is 0 Å². The summed E-state index contributed by atoms with van der Waals surface area (Å²) in [6.07, 6.45) is -0.202. The zero-order valence-electron chi connectivity index (χ0n) is 19.4. The van der Waals surface area contributed by atoms with Gasteiger partial charge in [-0.05, 0) is 30.7 Å². The third-order valence-corrected chi connectivity index (χ3v) is 8.61. The highest BCUT2D eigenvalue weighted by atomic mass is 16.6. The average molecular weight is 476 g/mol. The minimum absolute atomic E-state index is 0.288. The van der Waals surface area contributed by atoms with Crippen LogP contribution in [0.2, 0.25) is 0 Å². The number of fused-ring (bicyclic) bond motifs is 3. The number of carbonyl (C=O) groups is 4. The van der Waals surface area contributed by atoms with Gasteiger partial charge in [-0.3, -0.25) is 14.4 Å². The second-order valence-electron chi connectivity index (χ2n) is 10.4. The number of ether oxygens (including phenoxy) is 4. The van der Waals surface area contributed by atoms with E-state index >= 15 is 0 Å². The molecule has 4 heterocycles. The summed E-state index contributed by atoms with van der Waals surface area (Å²) < 4.78 is 27.6. The summed E-state index contributed by atoms with van der Waals surface area (Å²) in [5, 5.41) is 12.0. The Hall–Kier alpha value is -2.88. The van der Waals surface area contributed by atoms with Crippen molar-refractivity contribution in [2.45, 2.75) is 77.0 Å². The monoisotopic (exact) mass is 476 g/mol. The quantitative estimate of drug-likeness (QED) is 0.508. The van der Waals surface area contributed by atoms with E-state index in [9.17, 15) is 24.3 Å². The highest BCUT2D eigenvalue weighted by molar-refractivity contribution is 5.86. The molecule has 184 valence electrons. The Labute approximate surface area is 195 Å². The van der Waals surface area contributed by atoms with E-state index in [0.717, 1.165) is 6.92 Å². The maximum absolute atomic E-state index is 13.2. The van der Waals surface area contributed by atoms with Crippen molar-refractivity contribution in [3.05, 3.63) is 24.2 Å². The van der Waals surface area contributed by atoms with Crippen molar-refractivity contribution in [3.63, 3.8) is 0 Å². The van der Waals surface area contributed by atoms with Crippen molar-refractivity contribution in [2.24, 2.45) is 22.7 Å². The van der Waals surface area contributed by atoms with Crippen LogP contribution in [0, 0.1) is 22.7 Å². The molecular weight excluding hydrogens is 448 g/mol. The van der Waals surface area contributed by atoms with Gasteiger partial charge in [-0.25, -0.2) is 4.79 Å². The lowest BCUT2D eigenvalue weighted by molar-refractivity contribution is -0.344. The van der Waals surface area contributed by atoms with E-state index in [4.69, 9.17) is 23.4 Å². The van der Waals surface area contributed by atoms with Gasteiger partial charge in [0.05, 0.1) is 18.4 Å². The molecule has 10 nitrogen and oxygen atoms in total. The topological polar surface area (TPSA) is 139 Å². The van der Waals surface area contributed by atoms with Gasteiger partial charge in [0.1, 0.15) is 12.2 Å². The van der Waals surface area contributed by atoms with Gasteiger partial charge >= 0.3 is 23.9 Å². The molecule has 5 fully saturated rings. The molecule has 34 heavy (non-hydrogen) atoms. The van der Waals surface area contributed by atoms with E-state index in [1.807, 2.05) is 6.92 Å². The number of carbonyl (C=O) groups excluding carboxylic acids is 4. The van der Waals surface area contributed by atoms with Crippen LogP contribution in [0.25, 0.3) is 0 Å². The lowest BCUT2D eigenvalue weighted by Crippen LogP contribution is -2.83. The molecule has 2 saturated carbocycles. The molecule has 10 heteroatoms. The Bertz CT molecular complexity index is 1050. The standard InChI is InChI=1S/C24H28O10/c1-11(25)31-17-16-18-22(3)9-15(13-6-8-30-10-13)33-20(27)14(22)5-7-23(18,4)24(29,21(28)34-16)19(17)32-12(2)26/h6,8,10,14-19,29H,5,7,9H2,1-4H3/t14-,15+,16+,17+,18-,19+,22+,23+,24-/m0/s1. The van der Waals surface area contributed by atoms with Gasteiger partial charge in [0.2, 0.25) is 5.60 Å². The first-order valence-electron chi connectivity index (χ1n) is 11.4. The third kappa shape index (κ3) is 2.84. The van der Waals surface area contributed by atoms with Crippen LogP contribution in [0.5, 0.6) is 0 Å². The predicted octanol–water partition coefficient (Wildman–Crippen LogP) is 1.84. The summed E-state index contributed by atoms with van der Waals surface area (Å²) >= 11 is 0. The van der Waals surface area contributed by atoms with Gasteiger partial charge in [0, 0.05) is 30.7 Å². The highest BCUT2D eigenvalue weighted by Gasteiger charge is 2.81. The number of aliphatic hydroxyl groups is 1. The second kappa shape index (κ2) is 7.31. The van der Waals surface area contributed by atoms with Crippen molar-refractivity contribution in [1.82, 2.24) is 0 Å². The fourth-order valence-corrected chi connectivity index (χ4v) is 7.28. The lowest BCUT2D eigenvalue weighted by Gasteiger charge is -2.69.